The average molecular weight is 251 g/mol. The summed E-state index contributed by atoms with van der Waals surface area (Å²) in [6, 6.07) is 8.07. The second-order valence-electron chi connectivity index (χ2n) is 3.86. The number of methoxy groups -OCH3 is 1. The van der Waals surface area contributed by atoms with Crippen LogP contribution in [0.5, 0.6) is 0 Å². The smallest absolute Gasteiger partial charge is 0.289 e. The minimum Gasteiger partial charge on any atom is -0.468 e. The second kappa shape index (κ2) is 6.20. The molecule has 0 unspecified atom stereocenters. The number of rotatable bonds is 2. The maximum Gasteiger partial charge on any atom is 0.289 e. The van der Waals surface area contributed by atoms with Crippen LogP contribution in [-0.2, 0) is 4.74 Å². The summed E-state index contributed by atoms with van der Waals surface area (Å²) in [7, 11) is 1.44. The van der Waals surface area contributed by atoms with Crippen LogP contribution in [-0.4, -0.2) is 18.2 Å². The van der Waals surface area contributed by atoms with Crippen LogP contribution in [0.4, 0.5) is 5.69 Å². The zero-order valence-corrected chi connectivity index (χ0v) is 11.0. The molecule has 1 aromatic carbocycles. The molecule has 0 saturated heterocycles. The number of aliphatic imine (C=N–C) groups is 1. The summed E-state index contributed by atoms with van der Waals surface area (Å²) in [5, 5.41) is 3.24. The highest BCUT2D eigenvalue weighted by atomic mass is 32.1. The Kier molecular flexibility index (Phi) is 4.90. The first-order valence-electron chi connectivity index (χ1n) is 5.32. The number of benzene rings is 1. The molecule has 0 aliphatic carbocycles. The molecular weight excluding hydrogens is 234 g/mol. The van der Waals surface area contributed by atoms with E-state index in [0.717, 1.165) is 5.69 Å². The molecule has 1 aromatic rings. The first kappa shape index (κ1) is 13.4. The van der Waals surface area contributed by atoms with Crippen molar-refractivity contribution in [3.05, 3.63) is 29.8 Å². The van der Waals surface area contributed by atoms with Crippen molar-refractivity contribution < 1.29 is 4.74 Å². The molecule has 0 aromatic heterocycles. The lowest BCUT2D eigenvalue weighted by atomic mass is 10.0. The molecular formula is C12H17N3OS. The minimum absolute atomic E-state index is 0.0429. The normalized spacial score (nSPS) is 11.4. The van der Waals surface area contributed by atoms with Gasteiger partial charge in [-0.3, -0.25) is 0 Å². The van der Waals surface area contributed by atoms with E-state index in [0.29, 0.717) is 5.92 Å². The van der Waals surface area contributed by atoms with Crippen LogP contribution in [0.15, 0.2) is 29.3 Å². The quantitative estimate of drug-likeness (QED) is 0.481. The molecule has 5 heteroatoms. The monoisotopic (exact) mass is 251 g/mol. The van der Waals surface area contributed by atoms with Crippen molar-refractivity contribution in [1.29, 1.82) is 0 Å². The van der Waals surface area contributed by atoms with Crippen molar-refractivity contribution in [2.24, 2.45) is 10.7 Å². The molecule has 0 amide bonds. The van der Waals surface area contributed by atoms with Crippen LogP contribution in [0.2, 0.25) is 0 Å². The Morgan fingerprint density at radius 3 is 2.41 bits per heavy atom. The molecule has 0 fully saturated rings. The van der Waals surface area contributed by atoms with Gasteiger partial charge in [0.2, 0.25) is 5.11 Å². The van der Waals surface area contributed by atoms with Gasteiger partial charge in [0.05, 0.1) is 7.11 Å². The van der Waals surface area contributed by atoms with E-state index in [9.17, 15) is 0 Å². The van der Waals surface area contributed by atoms with E-state index in [2.05, 4.69) is 36.3 Å². The molecule has 17 heavy (non-hydrogen) atoms. The summed E-state index contributed by atoms with van der Waals surface area (Å²) in [5.41, 5.74) is 7.55. The first-order chi connectivity index (χ1) is 8.02. The standard InChI is InChI=1S/C12H17N3OS/c1-8(2)9-4-6-10(7-5-9)14-12(17)15-11(13)16-3/h4-8H,1-3H3,(H3,13,14,15,17). The number of nitrogens with two attached hydrogens (primary N) is 1. The summed E-state index contributed by atoms with van der Waals surface area (Å²) in [4.78, 5) is 3.84. The lowest BCUT2D eigenvalue weighted by Crippen LogP contribution is -2.18. The van der Waals surface area contributed by atoms with Crippen LogP contribution < -0.4 is 11.1 Å². The number of hydrogen-bond donors (Lipinski definition) is 2. The molecule has 0 aliphatic heterocycles. The van der Waals surface area contributed by atoms with E-state index in [1.807, 2.05) is 12.1 Å². The molecule has 0 atom stereocenters. The van der Waals surface area contributed by atoms with E-state index in [1.54, 1.807) is 0 Å². The van der Waals surface area contributed by atoms with Crippen LogP contribution in [0.1, 0.15) is 25.3 Å². The Morgan fingerprint density at radius 1 is 1.35 bits per heavy atom. The SMILES string of the molecule is CO/C(N)=N/C(=S)Nc1ccc(C(C)C)cc1. The van der Waals surface area contributed by atoms with Gasteiger partial charge in [-0.05, 0) is 35.8 Å². The van der Waals surface area contributed by atoms with E-state index in [4.69, 9.17) is 22.7 Å². The zero-order valence-electron chi connectivity index (χ0n) is 10.2. The third-order valence-electron chi connectivity index (χ3n) is 2.25. The fourth-order valence-electron chi connectivity index (χ4n) is 1.25. The maximum atomic E-state index is 5.39. The highest BCUT2D eigenvalue weighted by Gasteiger charge is 2.00. The van der Waals surface area contributed by atoms with Gasteiger partial charge < -0.3 is 15.8 Å². The molecule has 0 radical (unpaired) electrons. The van der Waals surface area contributed by atoms with E-state index < -0.39 is 0 Å². The van der Waals surface area contributed by atoms with Gasteiger partial charge in [-0.15, -0.1) is 0 Å². The number of amidine groups is 1. The fraction of sp³-hybridized carbons (Fsp3) is 0.333. The Bertz CT molecular complexity index is 412. The van der Waals surface area contributed by atoms with Crippen LogP contribution >= 0.6 is 12.2 Å². The predicted molar refractivity (Wildman–Crippen MR) is 75.4 cm³/mol. The molecule has 0 spiro atoms. The molecule has 0 aliphatic rings. The summed E-state index contributed by atoms with van der Waals surface area (Å²) >= 11 is 5.00. The summed E-state index contributed by atoms with van der Waals surface area (Å²) in [6.07, 6.45) is 0. The van der Waals surface area contributed by atoms with Crippen molar-refractivity contribution in [3.8, 4) is 0 Å². The summed E-state index contributed by atoms with van der Waals surface area (Å²) < 4.78 is 4.71. The number of nitrogens with zero attached hydrogens (tertiary/aromatic N) is 1. The summed E-state index contributed by atoms with van der Waals surface area (Å²) in [6.45, 7) is 4.30. The van der Waals surface area contributed by atoms with E-state index >= 15 is 0 Å². The van der Waals surface area contributed by atoms with Crippen molar-refractivity contribution in [2.75, 3.05) is 12.4 Å². The highest BCUT2D eigenvalue weighted by Crippen LogP contribution is 2.17. The second-order valence-corrected chi connectivity index (χ2v) is 4.25. The van der Waals surface area contributed by atoms with Gasteiger partial charge >= 0.3 is 0 Å². The third kappa shape index (κ3) is 4.40. The number of nitrogens with one attached hydrogen (secondary N) is 1. The average Bonchev–Trinajstić information content (AvgIpc) is 2.29. The van der Waals surface area contributed by atoms with E-state index in [-0.39, 0.29) is 11.1 Å². The van der Waals surface area contributed by atoms with Crippen LogP contribution in [0.3, 0.4) is 0 Å². The number of thiocarbonyl (C=S) groups is 1. The molecule has 0 bridgehead atoms. The van der Waals surface area contributed by atoms with Crippen LogP contribution in [0, 0.1) is 0 Å². The topological polar surface area (TPSA) is 59.6 Å². The van der Waals surface area contributed by atoms with Gasteiger partial charge in [0.15, 0.2) is 0 Å². The number of ether oxygens (including phenoxy) is 1. The third-order valence-corrected chi connectivity index (χ3v) is 2.44. The lowest BCUT2D eigenvalue weighted by molar-refractivity contribution is 0.397. The number of anilines is 1. The largest absolute Gasteiger partial charge is 0.468 e. The van der Waals surface area contributed by atoms with Crippen molar-refractivity contribution in [1.82, 2.24) is 0 Å². The Hall–Kier alpha value is -1.62. The fourth-order valence-corrected chi connectivity index (χ4v) is 1.46. The van der Waals surface area contributed by atoms with Crippen molar-refractivity contribution in [2.45, 2.75) is 19.8 Å². The zero-order chi connectivity index (χ0) is 12.8. The Balaban J connectivity index is 2.67. The summed E-state index contributed by atoms with van der Waals surface area (Å²) in [5.74, 6) is 0.512. The highest BCUT2D eigenvalue weighted by molar-refractivity contribution is 7.80. The molecule has 92 valence electrons. The molecule has 4 nitrogen and oxygen atoms in total. The van der Waals surface area contributed by atoms with E-state index in [1.165, 1.54) is 12.7 Å². The van der Waals surface area contributed by atoms with Gasteiger partial charge in [0, 0.05) is 5.69 Å². The Labute approximate surface area is 107 Å². The first-order valence-corrected chi connectivity index (χ1v) is 5.73. The number of hydrogen-bond acceptors (Lipinski definition) is 2. The molecule has 0 saturated carbocycles. The predicted octanol–water partition coefficient (Wildman–Crippen LogP) is 2.47. The Morgan fingerprint density at radius 2 is 1.94 bits per heavy atom. The van der Waals surface area contributed by atoms with Crippen molar-refractivity contribution in [3.63, 3.8) is 0 Å². The van der Waals surface area contributed by atoms with Gasteiger partial charge in [-0.2, -0.15) is 4.99 Å². The van der Waals surface area contributed by atoms with Gasteiger partial charge in [0.25, 0.3) is 6.02 Å². The lowest BCUT2D eigenvalue weighted by Gasteiger charge is -2.08. The van der Waals surface area contributed by atoms with Crippen molar-refractivity contribution >= 4 is 29.0 Å². The van der Waals surface area contributed by atoms with Gasteiger partial charge in [-0.25, -0.2) is 0 Å². The maximum absolute atomic E-state index is 5.39. The van der Waals surface area contributed by atoms with Gasteiger partial charge in [0.1, 0.15) is 0 Å². The van der Waals surface area contributed by atoms with Crippen LogP contribution in [0.25, 0.3) is 0 Å². The van der Waals surface area contributed by atoms with Gasteiger partial charge in [-0.1, -0.05) is 26.0 Å². The molecule has 0 heterocycles. The minimum atomic E-state index is 0.0429. The molecule has 1 rings (SSSR count). The molecule has 3 N–H and O–H groups in total.